The molecule has 2 atom stereocenters. The molecule has 1 aliphatic carbocycles. The van der Waals surface area contributed by atoms with Gasteiger partial charge in [-0.1, -0.05) is 48.7 Å². The van der Waals surface area contributed by atoms with Gasteiger partial charge in [-0.05, 0) is 0 Å². The monoisotopic (exact) mass is 398 g/mol. The first-order valence-corrected chi connectivity index (χ1v) is 8.57. The van der Waals surface area contributed by atoms with Crippen molar-refractivity contribution in [2.45, 2.75) is 23.5 Å². The molecule has 1 fully saturated rings. The number of carbonyl (C=O) groups excluding carboxylic acids is 2. The van der Waals surface area contributed by atoms with E-state index in [0.29, 0.717) is 0 Å². The second-order valence-corrected chi connectivity index (χ2v) is 10.3. The molecule has 22 heavy (non-hydrogen) atoms. The highest BCUT2D eigenvalue weighted by atomic mass is 35.6. The topological polar surface area (TPSA) is 88.1 Å². The smallest absolute Gasteiger partial charge is 0.438 e. The molecule has 0 saturated heterocycles. The molecule has 0 aromatic heterocycles. The molecule has 0 bridgehead atoms. The van der Waals surface area contributed by atoms with Crippen LogP contribution >= 0.6 is 42.4 Å². The summed E-state index contributed by atoms with van der Waals surface area (Å²) >= 11 is 15.8. The molecular weight excluding hydrogens is 381 g/mol. The molecule has 0 spiro atoms. The standard InChI is InChI=1S/C8H12O4.C3H6Cl3O3P/c1-8(2)5(4-9)6(8)12-7(10)11-3;1-8-10(7,9-2)3(4,5)6/h4-6H,1-3H3;1-2H3. The number of aldehydes is 1. The first-order chi connectivity index (χ1) is 9.91. The van der Waals surface area contributed by atoms with Crippen LogP contribution in [0.1, 0.15) is 13.8 Å². The van der Waals surface area contributed by atoms with E-state index in [9.17, 15) is 14.2 Å². The average Bonchev–Trinajstić information content (AvgIpc) is 2.96. The Morgan fingerprint density at radius 3 is 1.82 bits per heavy atom. The molecule has 0 radical (unpaired) electrons. The van der Waals surface area contributed by atoms with Crippen LogP contribution in [-0.2, 0) is 27.9 Å². The highest BCUT2D eigenvalue weighted by Crippen LogP contribution is 2.65. The van der Waals surface area contributed by atoms with Crippen molar-refractivity contribution in [1.29, 1.82) is 0 Å². The van der Waals surface area contributed by atoms with Crippen LogP contribution in [0.2, 0.25) is 0 Å². The number of alkyl halides is 3. The van der Waals surface area contributed by atoms with Gasteiger partial charge in [-0.15, -0.1) is 0 Å². The van der Waals surface area contributed by atoms with Crippen molar-refractivity contribution >= 4 is 54.8 Å². The van der Waals surface area contributed by atoms with Gasteiger partial charge < -0.3 is 23.3 Å². The van der Waals surface area contributed by atoms with Crippen molar-refractivity contribution in [1.82, 2.24) is 0 Å². The second-order valence-electron chi connectivity index (χ2n) is 4.81. The average molecular weight is 400 g/mol. The summed E-state index contributed by atoms with van der Waals surface area (Å²) in [6.45, 7) is 3.75. The maximum Gasteiger partial charge on any atom is 0.508 e. The van der Waals surface area contributed by atoms with E-state index in [1.165, 1.54) is 7.11 Å². The number of halogens is 3. The van der Waals surface area contributed by atoms with Gasteiger partial charge in [0.25, 0.3) is 3.53 Å². The minimum Gasteiger partial charge on any atom is -0.438 e. The third-order valence-electron chi connectivity index (χ3n) is 3.14. The van der Waals surface area contributed by atoms with Gasteiger partial charge in [0.05, 0.1) is 13.0 Å². The normalized spacial score (nSPS) is 22.9. The number of ether oxygens (including phenoxy) is 2. The molecule has 1 aliphatic rings. The van der Waals surface area contributed by atoms with Crippen LogP contribution in [0.3, 0.4) is 0 Å². The van der Waals surface area contributed by atoms with E-state index >= 15 is 0 Å². The zero-order valence-electron chi connectivity index (χ0n) is 12.7. The predicted molar refractivity (Wildman–Crippen MR) is 82.5 cm³/mol. The molecule has 0 N–H and O–H groups in total. The van der Waals surface area contributed by atoms with Crippen LogP contribution in [0.25, 0.3) is 0 Å². The van der Waals surface area contributed by atoms with Crippen LogP contribution in [0.5, 0.6) is 0 Å². The van der Waals surface area contributed by atoms with Gasteiger partial charge in [-0.2, -0.15) is 0 Å². The Balaban J connectivity index is 0.000000409. The zero-order chi connectivity index (χ0) is 17.8. The molecule has 0 aromatic carbocycles. The van der Waals surface area contributed by atoms with Crippen LogP contribution < -0.4 is 0 Å². The summed E-state index contributed by atoms with van der Waals surface area (Å²) in [5, 5.41) is 0. The van der Waals surface area contributed by atoms with Crippen LogP contribution in [-0.4, -0.2) is 43.4 Å². The molecule has 1 rings (SSSR count). The van der Waals surface area contributed by atoms with Crippen LogP contribution in [0, 0.1) is 11.3 Å². The second kappa shape index (κ2) is 8.18. The molecule has 0 aromatic rings. The van der Waals surface area contributed by atoms with E-state index in [1.54, 1.807) is 0 Å². The number of rotatable bonds is 4. The summed E-state index contributed by atoms with van der Waals surface area (Å²) in [6.07, 6.45) is -0.229. The van der Waals surface area contributed by atoms with Crippen molar-refractivity contribution in [2.24, 2.45) is 11.3 Å². The Morgan fingerprint density at radius 1 is 1.18 bits per heavy atom. The zero-order valence-corrected chi connectivity index (χ0v) is 15.8. The fourth-order valence-corrected chi connectivity index (χ4v) is 3.34. The van der Waals surface area contributed by atoms with Gasteiger partial charge in [0, 0.05) is 19.6 Å². The molecule has 11 heteroatoms. The Kier molecular flexibility index (Phi) is 8.16. The quantitative estimate of drug-likeness (QED) is 0.307. The third-order valence-corrected chi connectivity index (χ3v) is 6.58. The maximum absolute atomic E-state index is 11.1. The Bertz CT molecular complexity index is 441. The van der Waals surface area contributed by atoms with Gasteiger partial charge in [-0.3, -0.25) is 4.57 Å². The van der Waals surface area contributed by atoms with E-state index in [0.717, 1.165) is 20.5 Å². The summed E-state index contributed by atoms with van der Waals surface area (Å²) in [6, 6.07) is 0. The van der Waals surface area contributed by atoms with Crippen molar-refractivity contribution in [2.75, 3.05) is 21.3 Å². The van der Waals surface area contributed by atoms with Crippen molar-refractivity contribution in [3.8, 4) is 0 Å². The number of methoxy groups -OCH3 is 1. The van der Waals surface area contributed by atoms with Crippen molar-refractivity contribution in [3.63, 3.8) is 0 Å². The van der Waals surface area contributed by atoms with Gasteiger partial charge >= 0.3 is 13.8 Å². The number of hydrogen-bond acceptors (Lipinski definition) is 7. The summed E-state index contributed by atoms with van der Waals surface area (Å²) < 4.78 is 27.0. The molecule has 2 unspecified atom stereocenters. The lowest BCUT2D eigenvalue weighted by atomic mass is 10.1. The predicted octanol–water partition coefficient (Wildman–Crippen LogP) is 3.79. The molecule has 0 heterocycles. The molecule has 1 saturated carbocycles. The first kappa shape index (κ1) is 22.0. The van der Waals surface area contributed by atoms with Crippen molar-refractivity contribution < 1.29 is 32.7 Å². The Morgan fingerprint density at radius 2 is 1.64 bits per heavy atom. The lowest BCUT2D eigenvalue weighted by Gasteiger charge is -2.19. The van der Waals surface area contributed by atoms with Gasteiger partial charge in [0.2, 0.25) is 0 Å². The van der Waals surface area contributed by atoms with E-state index in [2.05, 4.69) is 13.8 Å². The van der Waals surface area contributed by atoms with E-state index in [-0.39, 0.29) is 17.4 Å². The summed E-state index contributed by atoms with van der Waals surface area (Å²) in [7, 11) is -0.0350. The van der Waals surface area contributed by atoms with Crippen LogP contribution in [0.15, 0.2) is 0 Å². The molecule has 130 valence electrons. The lowest BCUT2D eigenvalue weighted by molar-refractivity contribution is -0.109. The number of hydrogen-bond donors (Lipinski definition) is 0. The first-order valence-electron chi connectivity index (χ1n) is 5.89. The summed E-state index contributed by atoms with van der Waals surface area (Å²) in [5.41, 5.74) is -0.226. The van der Waals surface area contributed by atoms with Gasteiger partial charge in [0.1, 0.15) is 12.4 Å². The minimum absolute atomic E-state index is 0.184. The minimum atomic E-state index is -3.57. The number of carbonyl (C=O) groups is 2. The highest BCUT2D eigenvalue weighted by Gasteiger charge is 2.61. The van der Waals surface area contributed by atoms with E-state index in [4.69, 9.17) is 39.5 Å². The third kappa shape index (κ3) is 5.25. The van der Waals surface area contributed by atoms with Crippen LogP contribution in [0.4, 0.5) is 4.79 Å². The summed E-state index contributed by atoms with van der Waals surface area (Å²) in [4.78, 5) is 21.1. The fraction of sp³-hybridized carbons (Fsp3) is 0.818. The van der Waals surface area contributed by atoms with E-state index < -0.39 is 17.3 Å². The molecule has 0 aliphatic heterocycles. The Hall–Kier alpha value is -0.0400. The largest absolute Gasteiger partial charge is 0.508 e. The Labute approximate surface area is 144 Å². The summed E-state index contributed by atoms with van der Waals surface area (Å²) in [5.74, 6) is -0.184. The van der Waals surface area contributed by atoms with Crippen molar-refractivity contribution in [3.05, 3.63) is 0 Å². The fourth-order valence-electron chi connectivity index (χ4n) is 1.53. The van der Waals surface area contributed by atoms with Gasteiger partial charge in [-0.25, -0.2) is 4.79 Å². The maximum atomic E-state index is 11.1. The molecular formula is C11H18Cl3O7P. The lowest BCUT2D eigenvalue weighted by Crippen LogP contribution is -2.10. The highest BCUT2D eigenvalue weighted by molar-refractivity contribution is 7.62. The molecule has 7 nitrogen and oxygen atoms in total. The van der Waals surface area contributed by atoms with E-state index in [1.807, 2.05) is 13.8 Å². The molecule has 0 amide bonds. The SMILES string of the molecule is COC(=O)OC1C(C=O)C1(C)C.COP(=O)(OC)C(Cl)(Cl)Cl. The van der Waals surface area contributed by atoms with Gasteiger partial charge in [0.15, 0.2) is 0 Å².